The van der Waals surface area contributed by atoms with E-state index in [1.165, 1.54) is 11.1 Å². The van der Waals surface area contributed by atoms with Crippen LogP contribution in [0.4, 0.5) is 0 Å². The highest BCUT2D eigenvalue weighted by molar-refractivity contribution is 5.81. The molecule has 1 aliphatic rings. The van der Waals surface area contributed by atoms with Crippen molar-refractivity contribution in [1.29, 1.82) is 0 Å². The minimum Gasteiger partial charge on any atom is -0.340 e. The standard InChI is InChI=1S/C20H24N2O/c1-16(21)19(23)22-14-8-13-20(15-22,17-9-4-2-5-10-17)18-11-6-3-7-12-18/h2-7,9-12,16H,8,13-15,21H2,1H3/t16-/m1/s1. The lowest BCUT2D eigenvalue weighted by atomic mass is 9.69. The molecule has 1 heterocycles. The smallest absolute Gasteiger partial charge is 0.239 e. The van der Waals surface area contributed by atoms with Crippen LogP contribution in [0.2, 0.25) is 0 Å². The second-order valence-corrected chi connectivity index (χ2v) is 6.47. The fourth-order valence-electron chi connectivity index (χ4n) is 3.68. The second-order valence-electron chi connectivity index (χ2n) is 6.47. The van der Waals surface area contributed by atoms with E-state index in [4.69, 9.17) is 5.73 Å². The lowest BCUT2D eigenvalue weighted by Gasteiger charge is -2.44. The molecule has 3 nitrogen and oxygen atoms in total. The van der Waals surface area contributed by atoms with Gasteiger partial charge >= 0.3 is 0 Å². The molecular formula is C20H24N2O. The molecule has 2 aromatic carbocycles. The fourth-order valence-corrected chi connectivity index (χ4v) is 3.68. The normalized spacial score (nSPS) is 18.4. The maximum absolute atomic E-state index is 12.4. The zero-order chi connectivity index (χ0) is 16.3. The van der Waals surface area contributed by atoms with Gasteiger partial charge < -0.3 is 10.6 Å². The van der Waals surface area contributed by atoms with Gasteiger partial charge in [0.2, 0.25) is 5.91 Å². The molecule has 1 saturated heterocycles. The highest BCUT2D eigenvalue weighted by Crippen LogP contribution is 2.40. The first kappa shape index (κ1) is 15.8. The van der Waals surface area contributed by atoms with Crippen molar-refractivity contribution in [2.75, 3.05) is 13.1 Å². The molecule has 1 aliphatic heterocycles. The predicted molar refractivity (Wildman–Crippen MR) is 93.1 cm³/mol. The van der Waals surface area contributed by atoms with Crippen LogP contribution >= 0.6 is 0 Å². The van der Waals surface area contributed by atoms with Crippen LogP contribution in [0.5, 0.6) is 0 Å². The van der Waals surface area contributed by atoms with Gasteiger partial charge in [-0.3, -0.25) is 4.79 Å². The number of carbonyl (C=O) groups is 1. The molecule has 1 amide bonds. The fraction of sp³-hybridized carbons (Fsp3) is 0.350. The summed E-state index contributed by atoms with van der Waals surface area (Å²) in [7, 11) is 0. The minimum absolute atomic E-state index is 0.0425. The van der Waals surface area contributed by atoms with E-state index in [0.717, 1.165) is 19.4 Å². The van der Waals surface area contributed by atoms with Gasteiger partial charge in [0.25, 0.3) is 0 Å². The van der Waals surface area contributed by atoms with Gasteiger partial charge in [0, 0.05) is 18.5 Å². The molecular weight excluding hydrogens is 284 g/mol. The van der Waals surface area contributed by atoms with Gasteiger partial charge in [-0.05, 0) is 30.9 Å². The molecule has 3 rings (SSSR count). The highest BCUT2D eigenvalue weighted by Gasteiger charge is 2.40. The summed E-state index contributed by atoms with van der Waals surface area (Å²) in [5, 5.41) is 0. The van der Waals surface area contributed by atoms with Crippen molar-refractivity contribution in [2.24, 2.45) is 5.73 Å². The number of nitrogens with zero attached hydrogens (tertiary/aromatic N) is 1. The quantitative estimate of drug-likeness (QED) is 0.947. The van der Waals surface area contributed by atoms with E-state index < -0.39 is 6.04 Å². The number of nitrogens with two attached hydrogens (primary N) is 1. The van der Waals surface area contributed by atoms with Gasteiger partial charge in [0.05, 0.1) is 6.04 Å². The van der Waals surface area contributed by atoms with E-state index in [1.54, 1.807) is 6.92 Å². The van der Waals surface area contributed by atoms with Gasteiger partial charge in [-0.2, -0.15) is 0 Å². The largest absolute Gasteiger partial charge is 0.340 e. The average molecular weight is 308 g/mol. The van der Waals surface area contributed by atoms with Crippen molar-refractivity contribution < 1.29 is 4.79 Å². The van der Waals surface area contributed by atoms with Crippen LogP contribution < -0.4 is 5.73 Å². The summed E-state index contributed by atoms with van der Waals surface area (Å²) < 4.78 is 0. The van der Waals surface area contributed by atoms with Crippen LogP contribution in [-0.2, 0) is 10.2 Å². The van der Waals surface area contributed by atoms with Crippen molar-refractivity contribution in [2.45, 2.75) is 31.2 Å². The maximum Gasteiger partial charge on any atom is 0.239 e. The van der Waals surface area contributed by atoms with E-state index >= 15 is 0 Å². The topological polar surface area (TPSA) is 46.3 Å². The Kier molecular flexibility index (Phi) is 4.49. The van der Waals surface area contributed by atoms with Crippen LogP contribution in [0.25, 0.3) is 0 Å². The number of rotatable bonds is 3. The lowest BCUT2D eigenvalue weighted by Crippen LogP contribution is -2.52. The number of likely N-dealkylation sites (tertiary alicyclic amines) is 1. The van der Waals surface area contributed by atoms with Crippen molar-refractivity contribution in [3.8, 4) is 0 Å². The Labute approximate surface area is 138 Å². The van der Waals surface area contributed by atoms with Crippen LogP contribution in [0.15, 0.2) is 60.7 Å². The van der Waals surface area contributed by atoms with E-state index in [1.807, 2.05) is 17.0 Å². The maximum atomic E-state index is 12.4. The number of hydrogen-bond donors (Lipinski definition) is 1. The van der Waals surface area contributed by atoms with E-state index in [0.29, 0.717) is 6.54 Å². The average Bonchev–Trinajstić information content (AvgIpc) is 2.62. The molecule has 2 aromatic rings. The first-order valence-electron chi connectivity index (χ1n) is 8.29. The Morgan fingerprint density at radius 2 is 1.57 bits per heavy atom. The van der Waals surface area contributed by atoms with Gasteiger partial charge in [-0.1, -0.05) is 60.7 Å². The Hall–Kier alpha value is -2.13. The first-order chi connectivity index (χ1) is 11.1. The monoisotopic (exact) mass is 308 g/mol. The van der Waals surface area contributed by atoms with E-state index in [-0.39, 0.29) is 11.3 Å². The zero-order valence-electron chi connectivity index (χ0n) is 13.6. The van der Waals surface area contributed by atoms with Crippen molar-refractivity contribution >= 4 is 5.91 Å². The third kappa shape index (κ3) is 3.02. The molecule has 0 unspecified atom stereocenters. The Morgan fingerprint density at radius 1 is 1.04 bits per heavy atom. The Morgan fingerprint density at radius 3 is 2.04 bits per heavy atom. The molecule has 1 fully saturated rings. The molecule has 0 bridgehead atoms. The van der Waals surface area contributed by atoms with Crippen molar-refractivity contribution in [3.63, 3.8) is 0 Å². The van der Waals surface area contributed by atoms with E-state index in [2.05, 4.69) is 48.5 Å². The molecule has 2 N–H and O–H groups in total. The van der Waals surface area contributed by atoms with E-state index in [9.17, 15) is 4.79 Å². The number of benzene rings is 2. The van der Waals surface area contributed by atoms with Crippen molar-refractivity contribution in [1.82, 2.24) is 4.90 Å². The summed E-state index contributed by atoms with van der Waals surface area (Å²) >= 11 is 0. The zero-order valence-corrected chi connectivity index (χ0v) is 13.6. The Bertz CT molecular complexity index is 612. The highest BCUT2D eigenvalue weighted by atomic mass is 16.2. The third-order valence-corrected chi connectivity index (χ3v) is 4.85. The number of hydrogen-bond acceptors (Lipinski definition) is 2. The SMILES string of the molecule is C[C@@H](N)C(=O)N1CCCC(c2ccccc2)(c2ccccc2)C1. The molecule has 3 heteroatoms. The summed E-state index contributed by atoms with van der Waals surface area (Å²) in [4.78, 5) is 14.4. The molecule has 0 spiro atoms. The summed E-state index contributed by atoms with van der Waals surface area (Å²) in [5.74, 6) is 0.0425. The molecule has 0 radical (unpaired) electrons. The van der Waals surface area contributed by atoms with Crippen LogP contribution in [0, 0.1) is 0 Å². The molecule has 0 aromatic heterocycles. The van der Waals surface area contributed by atoms with Gasteiger partial charge in [0.1, 0.15) is 0 Å². The number of piperidine rings is 1. The molecule has 120 valence electrons. The van der Waals surface area contributed by atoms with Gasteiger partial charge in [0.15, 0.2) is 0 Å². The number of carbonyl (C=O) groups excluding carboxylic acids is 1. The predicted octanol–water partition coefficient (Wildman–Crippen LogP) is 2.94. The minimum atomic E-state index is -0.447. The van der Waals surface area contributed by atoms with Crippen LogP contribution in [-0.4, -0.2) is 29.9 Å². The molecule has 0 aliphatic carbocycles. The lowest BCUT2D eigenvalue weighted by molar-refractivity contribution is -0.134. The van der Waals surface area contributed by atoms with Crippen LogP contribution in [0.3, 0.4) is 0 Å². The first-order valence-corrected chi connectivity index (χ1v) is 8.29. The van der Waals surface area contributed by atoms with Crippen LogP contribution in [0.1, 0.15) is 30.9 Å². The summed E-state index contributed by atoms with van der Waals surface area (Å²) in [6, 6.07) is 20.6. The summed E-state index contributed by atoms with van der Waals surface area (Å²) in [6.45, 7) is 3.26. The molecule has 1 atom stereocenters. The third-order valence-electron chi connectivity index (χ3n) is 4.85. The molecule has 0 saturated carbocycles. The summed E-state index contributed by atoms with van der Waals surface area (Å²) in [6.07, 6.45) is 2.03. The Balaban J connectivity index is 2.05. The number of amides is 1. The van der Waals surface area contributed by atoms with Gasteiger partial charge in [-0.25, -0.2) is 0 Å². The molecule has 23 heavy (non-hydrogen) atoms. The van der Waals surface area contributed by atoms with Gasteiger partial charge in [-0.15, -0.1) is 0 Å². The summed E-state index contributed by atoms with van der Waals surface area (Å²) in [5.41, 5.74) is 8.24. The second kappa shape index (κ2) is 6.55. The van der Waals surface area contributed by atoms with Crippen molar-refractivity contribution in [3.05, 3.63) is 71.8 Å².